The second kappa shape index (κ2) is 7.42. The summed E-state index contributed by atoms with van der Waals surface area (Å²) >= 11 is 8.25. The van der Waals surface area contributed by atoms with Gasteiger partial charge in [0.25, 0.3) is 0 Å². The zero-order chi connectivity index (χ0) is 20.8. The van der Waals surface area contributed by atoms with Crippen molar-refractivity contribution in [2.24, 2.45) is 0 Å². The Balaban J connectivity index is 1.68. The summed E-state index contributed by atoms with van der Waals surface area (Å²) in [6, 6.07) is 38.2. The monoisotopic (exact) mass is 435 g/mol. The third kappa shape index (κ3) is 3.07. The maximum atomic E-state index is 6.39. The van der Waals surface area contributed by atoms with Gasteiger partial charge in [-0.05, 0) is 47.2 Å². The number of anilines is 3. The van der Waals surface area contributed by atoms with Gasteiger partial charge in [-0.2, -0.15) is 0 Å². The molecule has 0 amide bonds. The number of fused-ring (bicyclic) bond motifs is 5. The molecule has 0 saturated carbocycles. The third-order valence-electron chi connectivity index (χ3n) is 5.69. The van der Waals surface area contributed by atoms with E-state index in [0.717, 1.165) is 22.1 Å². The van der Waals surface area contributed by atoms with Crippen LogP contribution in [0.1, 0.15) is 0 Å². The molecule has 0 radical (unpaired) electrons. The van der Waals surface area contributed by atoms with Crippen LogP contribution < -0.4 is 4.90 Å². The zero-order valence-corrected chi connectivity index (χ0v) is 18.2. The van der Waals surface area contributed by atoms with Crippen molar-refractivity contribution < 1.29 is 0 Å². The van der Waals surface area contributed by atoms with Crippen LogP contribution >= 0.6 is 22.9 Å². The first-order valence-electron chi connectivity index (χ1n) is 10.2. The van der Waals surface area contributed by atoms with Crippen LogP contribution in [0.2, 0.25) is 5.02 Å². The summed E-state index contributed by atoms with van der Waals surface area (Å²) in [5.41, 5.74) is 3.32. The van der Waals surface area contributed by atoms with Crippen molar-refractivity contribution in [3.05, 3.63) is 114 Å². The molecule has 0 spiro atoms. The molecule has 0 atom stereocenters. The minimum Gasteiger partial charge on any atom is -0.309 e. The van der Waals surface area contributed by atoms with Crippen LogP contribution in [-0.4, -0.2) is 0 Å². The van der Waals surface area contributed by atoms with Gasteiger partial charge in [-0.3, -0.25) is 0 Å². The molecule has 1 aromatic heterocycles. The van der Waals surface area contributed by atoms with E-state index < -0.39 is 0 Å². The molecular formula is C28H18ClNS. The molecule has 31 heavy (non-hydrogen) atoms. The molecule has 6 rings (SSSR count). The minimum atomic E-state index is 0.730. The number of rotatable bonds is 3. The summed E-state index contributed by atoms with van der Waals surface area (Å²) in [5, 5.41) is 5.90. The van der Waals surface area contributed by atoms with Gasteiger partial charge in [0, 0.05) is 31.9 Å². The Morgan fingerprint density at radius 3 is 2.13 bits per heavy atom. The fourth-order valence-corrected chi connectivity index (χ4v) is 5.83. The van der Waals surface area contributed by atoms with E-state index in [1.165, 1.54) is 30.9 Å². The summed E-state index contributed by atoms with van der Waals surface area (Å²) in [7, 11) is 0. The quantitative estimate of drug-likeness (QED) is 0.267. The van der Waals surface area contributed by atoms with Gasteiger partial charge < -0.3 is 4.90 Å². The Hall–Kier alpha value is -3.33. The van der Waals surface area contributed by atoms with Gasteiger partial charge in [-0.15, -0.1) is 11.3 Å². The molecule has 0 saturated heterocycles. The molecule has 0 N–H and O–H groups in total. The Labute approximate surface area is 189 Å². The van der Waals surface area contributed by atoms with Gasteiger partial charge in [0.05, 0.1) is 10.4 Å². The van der Waals surface area contributed by atoms with Gasteiger partial charge in [-0.25, -0.2) is 0 Å². The SMILES string of the molecule is Clc1cccc(N(c2ccccc2)c2cccc3c2sc2c4ccccc4ccc32)c1. The molecule has 0 aliphatic rings. The fraction of sp³-hybridized carbons (Fsp3) is 0. The van der Waals surface area contributed by atoms with Crippen molar-refractivity contribution in [3.8, 4) is 0 Å². The number of hydrogen-bond acceptors (Lipinski definition) is 2. The number of halogens is 1. The van der Waals surface area contributed by atoms with E-state index in [1.54, 1.807) is 0 Å². The van der Waals surface area contributed by atoms with Gasteiger partial charge in [-0.1, -0.05) is 84.4 Å². The third-order valence-corrected chi connectivity index (χ3v) is 7.20. The largest absolute Gasteiger partial charge is 0.309 e. The average Bonchev–Trinajstić information content (AvgIpc) is 3.20. The fourth-order valence-electron chi connectivity index (χ4n) is 4.31. The van der Waals surface area contributed by atoms with Crippen LogP contribution in [0.15, 0.2) is 109 Å². The highest BCUT2D eigenvalue weighted by Gasteiger charge is 2.18. The number of benzene rings is 5. The van der Waals surface area contributed by atoms with E-state index in [4.69, 9.17) is 11.6 Å². The molecule has 0 bridgehead atoms. The second-order valence-corrected chi connectivity index (χ2v) is 9.03. The lowest BCUT2D eigenvalue weighted by atomic mass is 10.1. The molecule has 5 aromatic carbocycles. The Bertz CT molecular complexity index is 1550. The summed E-state index contributed by atoms with van der Waals surface area (Å²) in [5.74, 6) is 0. The number of thiophene rings is 1. The molecule has 3 heteroatoms. The lowest BCUT2D eigenvalue weighted by Crippen LogP contribution is -2.09. The van der Waals surface area contributed by atoms with Crippen molar-refractivity contribution in [3.63, 3.8) is 0 Å². The topological polar surface area (TPSA) is 3.24 Å². The van der Waals surface area contributed by atoms with Crippen molar-refractivity contribution in [1.29, 1.82) is 0 Å². The molecule has 0 aliphatic heterocycles. The van der Waals surface area contributed by atoms with E-state index in [9.17, 15) is 0 Å². The highest BCUT2D eigenvalue weighted by atomic mass is 35.5. The van der Waals surface area contributed by atoms with Gasteiger partial charge in [0.2, 0.25) is 0 Å². The molecule has 6 aromatic rings. The van der Waals surface area contributed by atoms with Crippen molar-refractivity contribution in [2.45, 2.75) is 0 Å². The van der Waals surface area contributed by atoms with Crippen molar-refractivity contribution in [2.75, 3.05) is 4.90 Å². The summed E-state index contributed by atoms with van der Waals surface area (Å²) in [4.78, 5) is 2.30. The lowest BCUT2D eigenvalue weighted by Gasteiger charge is -2.26. The second-order valence-electron chi connectivity index (χ2n) is 7.57. The molecule has 0 fully saturated rings. The van der Waals surface area contributed by atoms with Crippen LogP contribution in [0.25, 0.3) is 30.9 Å². The predicted octanol–water partition coefficient (Wildman–Crippen LogP) is 9.33. The number of nitrogens with zero attached hydrogens (tertiary/aromatic N) is 1. The smallest absolute Gasteiger partial charge is 0.0640 e. The first-order valence-corrected chi connectivity index (χ1v) is 11.4. The van der Waals surface area contributed by atoms with Crippen LogP contribution in [-0.2, 0) is 0 Å². The highest BCUT2D eigenvalue weighted by Crippen LogP contribution is 2.46. The summed E-state index contributed by atoms with van der Waals surface area (Å²) < 4.78 is 2.61. The number of para-hydroxylation sites is 1. The van der Waals surface area contributed by atoms with Gasteiger partial charge in [0.1, 0.15) is 0 Å². The van der Waals surface area contributed by atoms with E-state index >= 15 is 0 Å². The first kappa shape index (κ1) is 18.4. The Morgan fingerprint density at radius 1 is 0.548 bits per heavy atom. The molecule has 1 heterocycles. The highest BCUT2D eigenvalue weighted by molar-refractivity contribution is 7.27. The van der Waals surface area contributed by atoms with E-state index in [1.807, 2.05) is 35.6 Å². The van der Waals surface area contributed by atoms with Crippen LogP contribution in [0.3, 0.4) is 0 Å². The standard InChI is InChI=1S/C28H18ClNS/c29-20-9-6-12-22(18-20)30(21-10-2-1-3-11-21)26-15-7-14-24-25-17-16-19-8-4-5-13-23(19)27(25)31-28(24)26/h1-18H. The maximum absolute atomic E-state index is 6.39. The minimum absolute atomic E-state index is 0.730. The molecule has 0 unspecified atom stereocenters. The number of hydrogen-bond donors (Lipinski definition) is 0. The zero-order valence-electron chi connectivity index (χ0n) is 16.6. The normalized spacial score (nSPS) is 11.4. The lowest BCUT2D eigenvalue weighted by molar-refractivity contribution is 1.30. The van der Waals surface area contributed by atoms with Crippen molar-refractivity contribution >= 4 is 70.9 Å². The Morgan fingerprint density at radius 2 is 1.26 bits per heavy atom. The summed E-state index contributed by atoms with van der Waals surface area (Å²) in [6.45, 7) is 0. The van der Waals surface area contributed by atoms with E-state index in [-0.39, 0.29) is 0 Å². The molecule has 1 nitrogen and oxygen atoms in total. The van der Waals surface area contributed by atoms with E-state index in [2.05, 4.69) is 89.8 Å². The first-order chi connectivity index (χ1) is 15.3. The summed E-state index contributed by atoms with van der Waals surface area (Å²) in [6.07, 6.45) is 0. The average molecular weight is 436 g/mol. The Kier molecular flexibility index (Phi) is 4.41. The van der Waals surface area contributed by atoms with Crippen LogP contribution in [0, 0.1) is 0 Å². The van der Waals surface area contributed by atoms with Gasteiger partial charge >= 0.3 is 0 Å². The predicted molar refractivity (Wildman–Crippen MR) is 137 cm³/mol. The molecular weight excluding hydrogens is 418 g/mol. The molecule has 148 valence electrons. The molecule has 0 aliphatic carbocycles. The van der Waals surface area contributed by atoms with Crippen molar-refractivity contribution in [1.82, 2.24) is 0 Å². The maximum Gasteiger partial charge on any atom is 0.0640 e. The van der Waals surface area contributed by atoms with Gasteiger partial charge in [0.15, 0.2) is 0 Å². The van der Waals surface area contributed by atoms with E-state index in [0.29, 0.717) is 0 Å². The van der Waals surface area contributed by atoms with Crippen LogP contribution in [0.5, 0.6) is 0 Å². The van der Waals surface area contributed by atoms with Crippen LogP contribution in [0.4, 0.5) is 17.1 Å².